The molecule has 0 radical (unpaired) electrons. The van der Waals surface area contributed by atoms with E-state index in [1.54, 1.807) is 21.3 Å². The lowest BCUT2D eigenvalue weighted by atomic mass is 9.85. The largest absolute Gasteiger partial charge is 0.493 e. The standard InChI is InChI=1S/C30H32O4/c1-30(2,3)20-12-10-19(11-13-20)21-8-7-9-22-23(21)14-15-24(26(22)18-31)25-16-17-27(32-4)29(34-6)28(25)33-5/h7-17,31H,18H2,1-6H3. The maximum absolute atomic E-state index is 10.5. The topological polar surface area (TPSA) is 47.9 Å². The average molecular weight is 457 g/mol. The number of aliphatic hydroxyl groups excluding tert-OH is 1. The Kier molecular flexibility index (Phi) is 6.54. The first kappa shape index (κ1) is 23.7. The second-order valence-corrected chi connectivity index (χ2v) is 9.36. The molecule has 0 saturated heterocycles. The van der Waals surface area contributed by atoms with E-state index in [1.807, 2.05) is 24.3 Å². The minimum Gasteiger partial charge on any atom is -0.493 e. The Morgan fingerprint density at radius 3 is 1.91 bits per heavy atom. The van der Waals surface area contributed by atoms with Crippen LogP contribution in [0.1, 0.15) is 31.9 Å². The molecule has 0 unspecified atom stereocenters. The van der Waals surface area contributed by atoms with Crippen LogP contribution in [0.25, 0.3) is 33.0 Å². The van der Waals surface area contributed by atoms with Gasteiger partial charge >= 0.3 is 0 Å². The maximum Gasteiger partial charge on any atom is 0.203 e. The van der Waals surface area contributed by atoms with Crippen molar-refractivity contribution in [3.63, 3.8) is 0 Å². The maximum atomic E-state index is 10.5. The van der Waals surface area contributed by atoms with Crippen molar-refractivity contribution in [1.82, 2.24) is 0 Å². The Morgan fingerprint density at radius 1 is 0.647 bits per heavy atom. The van der Waals surface area contributed by atoms with Gasteiger partial charge in [-0.1, -0.05) is 75.4 Å². The van der Waals surface area contributed by atoms with Crippen molar-refractivity contribution >= 4 is 10.8 Å². The lowest BCUT2D eigenvalue weighted by molar-refractivity contribution is 0.284. The molecule has 0 amide bonds. The second kappa shape index (κ2) is 9.40. The highest BCUT2D eigenvalue weighted by molar-refractivity contribution is 6.01. The molecular weight excluding hydrogens is 424 g/mol. The van der Waals surface area contributed by atoms with Gasteiger partial charge in [0.25, 0.3) is 0 Å². The van der Waals surface area contributed by atoms with Gasteiger partial charge in [0.05, 0.1) is 27.9 Å². The highest BCUT2D eigenvalue weighted by Gasteiger charge is 2.20. The fourth-order valence-corrected chi connectivity index (χ4v) is 4.56. The van der Waals surface area contributed by atoms with Gasteiger partial charge in [-0.15, -0.1) is 0 Å². The zero-order valence-electron chi connectivity index (χ0n) is 20.7. The van der Waals surface area contributed by atoms with Gasteiger partial charge in [-0.25, -0.2) is 0 Å². The molecule has 1 N–H and O–H groups in total. The van der Waals surface area contributed by atoms with Gasteiger partial charge in [-0.3, -0.25) is 0 Å². The molecule has 0 atom stereocenters. The molecule has 0 bridgehead atoms. The molecular formula is C30H32O4. The van der Waals surface area contributed by atoms with E-state index >= 15 is 0 Å². The SMILES string of the molecule is COc1ccc(-c2ccc3c(-c4ccc(C(C)(C)C)cc4)cccc3c2CO)c(OC)c1OC. The van der Waals surface area contributed by atoms with Crippen LogP contribution in [-0.2, 0) is 12.0 Å². The summed E-state index contributed by atoms with van der Waals surface area (Å²) in [5, 5.41) is 12.6. The smallest absolute Gasteiger partial charge is 0.203 e. The summed E-state index contributed by atoms with van der Waals surface area (Å²) in [4.78, 5) is 0. The number of benzene rings is 4. The first-order valence-electron chi connectivity index (χ1n) is 11.4. The monoisotopic (exact) mass is 456 g/mol. The van der Waals surface area contributed by atoms with Crippen LogP contribution in [0.2, 0.25) is 0 Å². The van der Waals surface area contributed by atoms with Crippen LogP contribution in [0, 0.1) is 0 Å². The number of hydrogen-bond donors (Lipinski definition) is 1. The number of ether oxygens (including phenoxy) is 3. The summed E-state index contributed by atoms with van der Waals surface area (Å²) in [7, 11) is 4.80. The summed E-state index contributed by atoms with van der Waals surface area (Å²) in [6.07, 6.45) is 0. The Morgan fingerprint density at radius 2 is 1.32 bits per heavy atom. The number of rotatable bonds is 6. The number of aliphatic hydroxyl groups is 1. The minimum absolute atomic E-state index is 0.101. The van der Waals surface area contributed by atoms with Gasteiger partial charge in [0, 0.05) is 5.56 Å². The average Bonchev–Trinajstić information content (AvgIpc) is 2.86. The van der Waals surface area contributed by atoms with Gasteiger partial charge in [-0.05, 0) is 56.1 Å². The van der Waals surface area contributed by atoms with Gasteiger partial charge in [0.15, 0.2) is 11.5 Å². The van der Waals surface area contributed by atoms with Crippen LogP contribution >= 0.6 is 0 Å². The number of fused-ring (bicyclic) bond motifs is 1. The fourth-order valence-electron chi connectivity index (χ4n) is 4.56. The highest BCUT2D eigenvalue weighted by Crippen LogP contribution is 2.46. The van der Waals surface area contributed by atoms with Gasteiger partial charge in [-0.2, -0.15) is 0 Å². The molecule has 0 heterocycles. The molecule has 4 heteroatoms. The predicted octanol–water partition coefficient (Wildman–Crippen LogP) is 6.99. The van der Waals surface area contributed by atoms with Crippen molar-refractivity contribution in [1.29, 1.82) is 0 Å². The molecule has 4 aromatic rings. The Bertz CT molecular complexity index is 1310. The summed E-state index contributed by atoms with van der Waals surface area (Å²) in [5.74, 6) is 1.69. The van der Waals surface area contributed by atoms with E-state index in [9.17, 15) is 5.11 Å². The van der Waals surface area contributed by atoms with Crippen LogP contribution in [-0.4, -0.2) is 26.4 Å². The Labute approximate surface area is 201 Å². The van der Waals surface area contributed by atoms with Crippen LogP contribution < -0.4 is 14.2 Å². The van der Waals surface area contributed by atoms with E-state index in [2.05, 4.69) is 63.2 Å². The van der Waals surface area contributed by atoms with E-state index in [1.165, 1.54) is 5.56 Å². The highest BCUT2D eigenvalue weighted by atomic mass is 16.5. The third kappa shape index (κ3) is 4.10. The molecule has 0 aromatic heterocycles. The summed E-state index contributed by atoms with van der Waals surface area (Å²) in [5.41, 5.74) is 6.28. The van der Waals surface area contributed by atoms with Crippen LogP contribution in [0.15, 0.2) is 66.7 Å². The third-order valence-electron chi connectivity index (χ3n) is 6.39. The second-order valence-electron chi connectivity index (χ2n) is 9.36. The van der Waals surface area contributed by atoms with E-state index < -0.39 is 0 Å². The molecule has 4 aromatic carbocycles. The van der Waals surface area contributed by atoms with E-state index in [0.717, 1.165) is 38.6 Å². The summed E-state index contributed by atoms with van der Waals surface area (Å²) in [6.45, 7) is 6.56. The predicted molar refractivity (Wildman–Crippen MR) is 139 cm³/mol. The van der Waals surface area contributed by atoms with Crippen LogP contribution in [0.5, 0.6) is 17.2 Å². The van der Waals surface area contributed by atoms with Crippen molar-refractivity contribution in [3.05, 3.63) is 77.9 Å². The fraction of sp³-hybridized carbons (Fsp3) is 0.267. The van der Waals surface area contributed by atoms with E-state index in [0.29, 0.717) is 17.2 Å². The van der Waals surface area contributed by atoms with E-state index in [-0.39, 0.29) is 12.0 Å². The minimum atomic E-state index is -0.101. The van der Waals surface area contributed by atoms with Crippen molar-refractivity contribution in [2.24, 2.45) is 0 Å². The van der Waals surface area contributed by atoms with Gasteiger partial charge < -0.3 is 19.3 Å². The van der Waals surface area contributed by atoms with Crippen LogP contribution in [0.4, 0.5) is 0 Å². The quantitative estimate of drug-likeness (QED) is 0.340. The van der Waals surface area contributed by atoms with Gasteiger partial charge in [0.2, 0.25) is 5.75 Å². The molecule has 0 aliphatic rings. The molecule has 0 aliphatic carbocycles. The lowest BCUT2D eigenvalue weighted by Crippen LogP contribution is -2.10. The molecule has 0 saturated carbocycles. The Balaban J connectivity index is 1.91. The first-order chi connectivity index (χ1) is 16.3. The molecule has 4 rings (SSSR count). The summed E-state index contributed by atoms with van der Waals surface area (Å²) >= 11 is 0. The number of hydrogen-bond acceptors (Lipinski definition) is 4. The van der Waals surface area contributed by atoms with Crippen molar-refractivity contribution < 1.29 is 19.3 Å². The van der Waals surface area contributed by atoms with Crippen LogP contribution in [0.3, 0.4) is 0 Å². The number of methoxy groups -OCH3 is 3. The zero-order chi connectivity index (χ0) is 24.5. The lowest BCUT2D eigenvalue weighted by Gasteiger charge is -2.20. The molecule has 176 valence electrons. The molecule has 0 fully saturated rings. The van der Waals surface area contributed by atoms with E-state index in [4.69, 9.17) is 14.2 Å². The van der Waals surface area contributed by atoms with Crippen molar-refractivity contribution in [2.45, 2.75) is 32.8 Å². The summed E-state index contributed by atoms with van der Waals surface area (Å²) in [6, 6.07) is 23.0. The first-order valence-corrected chi connectivity index (χ1v) is 11.4. The molecule has 4 nitrogen and oxygen atoms in total. The van der Waals surface area contributed by atoms with Crippen molar-refractivity contribution in [3.8, 4) is 39.5 Å². The molecule has 0 spiro atoms. The Hall–Kier alpha value is -3.50. The zero-order valence-corrected chi connectivity index (χ0v) is 20.7. The third-order valence-corrected chi connectivity index (χ3v) is 6.39. The normalized spacial score (nSPS) is 11.5. The van der Waals surface area contributed by atoms with Crippen molar-refractivity contribution in [2.75, 3.05) is 21.3 Å². The summed E-state index contributed by atoms with van der Waals surface area (Å²) < 4.78 is 16.7. The molecule has 0 aliphatic heterocycles. The van der Waals surface area contributed by atoms with Gasteiger partial charge in [0.1, 0.15) is 0 Å². The molecule has 34 heavy (non-hydrogen) atoms.